The van der Waals surface area contributed by atoms with E-state index in [1.54, 1.807) is 10.7 Å². The van der Waals surface area contributed by atoms with Crippen LogP contribution in [0, 0.1) is 0 Å². The first-order valence-corrected chi connectivity index (χ1v) is 7.85. The normalized spacial score (nSPS) is 17.3. The Balaban J connectivity index is 1.53. The van der Waals surface area contributed by atoms with Crippen molar-refractivity contribution < 1.29 is 4.79 Å². The van der Waals surface area contributed by atoms with Crippen LogP contribution in [0.2, 0.25) is 0 Å². The van der Waals surface area contributed by atoms with Crippen LogP contribution in [-0.4, -0.2) is 51.2 Å². The molecule has 0 saturated carbocycles. The lowest BCUT2D eigenvalue weighted by molar-refractivity contribution is 0.209. The highest BCUT2D eigenvalue weighted by Gasteiger charge is 2.26. The third-order valence-electron chi connectivity index (χ3n) is 3.85. The van der Waals surface area contributed by atoms with Crippen molar-refractivity contribution >= 4 is 17.5 Å². The van der Waals surface area contributed by atoms with E-state index >= 15 is 0 Å². The zero-order valence-corrected chi connectivity index (χ0v) is 13.5. The standard InChI is InChI=1S/C16H22N6O/c1-12(2)5-7-18-16(23)21-9-6-13(11-21)19-14-3-4-15-17-8-10-22(15)20-14/h3-5,8,10,13H,6-7,9,11H2,1-2H3,(H,18,23)(H,19,20). The van der Waals surface area contributed by atoms with Crippen LogP contribution in [0.15, 0.2) is 36.2 Å². The van der Waals surface area contributed by atoms with E-state index in [4.69, 9.17) is 0 Å². The summed E-state index contributed by atoms with van der Waals surface area (Å²) in [5, 5.41) is 10.8. The fraction of sp³-hybridized carbons (Fsp3) is 0.438. The van der Waals surface area contributed by atoms with Crippen molar-refractivity contribution in [1.29, 1.82) is 0 Å². The molecule has 1 saturated heterocycles. The van der Waals surface area contributed by atoms with Gasteiger partial charge in [0.05, 0.1) is 0 Å². The fourth-order valence-electron chi connectivity index (χ4n) is 2.62. The minimum atomic E-state index is -0.00943. The van der Waals surface area contributed by atoms with Gasteiger partial charge in [0.25, 0.3) is 0 Å². The molecule has 0 radical (unpaired) electrons. The molecule has 122 valence electrons. The van der Waals surface area contributed by atoms with Gasteiger partial charge < -0.3 is 15.5 Å². The van der Waals surface area contributed by atoms with Crippen molar-refractivity contribution in [2.75, 3.05) is 25.0 Å². The number of hydrogen-bond acceptors (Lipinski definition) is 4. The molecule has 23 heavy (non-hydrogen) atoms. The number of likely N-dealkylation sites (tertiary alicyclic amines) is 1. The molecule has 2 N–H and O–H groups in total. The molecule has 0 bridgehead atoms. The van der Waals surface area contributed by atoms with Crippen LogP contribution >= 0.6 is 0 Å². The second-order valence-electron chi connectivity index (χ2n) is 5.99. The van der Waals surface area contributed by atoms with Gasteiger partial charge in [-0.3, -0.25) is 0 Å². The Kier molecular flexibility index (Phi) is 4.45. The predicted molar refractivity (Wildman–Crippen MR) is 89.4 cm³/mol. The highest BCUT2D eigenvalue weighted by atomic mass is 16.2. The Bertz CT molecular complexity index is 718. The van der Waals surface area contributed by atoms with Gasteiger partial charge in [-0.15, -0.1) is 5.10 Å². The Morgan fingerprint density at radius 3 is 3.13 bits per heavy atom. The molecule has 1 aliphatic heterocycles. The molecule has 2 amide bonds. The molecule has 0 spiro atoms. The SMILES string of the molecule is CC(C)=CCNC(=O)N1CCC(Nc2ccc3nccn3n2)C1. The molecule has 1 unspecified atom stereocenters. The van der Waals surface area contributed by atoms with Crippen molar-refractivity contribution in [2.45, 2.75) is 26.3 Å². The molecule has 0 aliphatic carbocycles. The molecule has 3 rings (SSSR count). The van der Waals surface area contributed by atoms with E-state index in [2.05, 4.69) is 20.7 Å². The van der Waals surface area contributed by atoms with Gasteiger partial charge in [0.2, 0.25) is 0 Å². The third kappa shape index (κ3) is 3.80. The Morgan fingerprint density at radius 2 is 2.30 bits per heavy atom. The quantitative estimate of drug-likeness (QED) is 0.845. The van der Waals surface area contributed by atoms with Crippen molar-refractivity contribution in [3.63, 3.8) is 0 Å². The van der Waals surface area contributed by atoms with E-state index in [-0.39, 0.29) is 12.1 Å². The summed E-state index contributed by atoms with van der Waals surface area (Å²) in [4.78, 5) is 18.1. The van der Waals surface area contributed by atoms with E-state index in [9.17, 15) is 4.79 Å². The van der Waals surface area contributed by atoms with E-state index < -0.39 is 0 Å². The molecular formula is C16H22N6O. The number of anilines is 1. The van der Waals surface area contributed by atoms with Crippen LogP contribution in [0.3, 0.4) is 0 Å². The lowest BCUT2D eigenvalue weighted by Gasteiger charge is -2.17. The number of fused-ring (bicyclic) bond motifs is 1. The van der Waals surface area contributed by atoms with E-state index in [1.165, 1.54) is 5.57 Å². The first-order valence-electron chi connectivity index (χ1n) is 7.85. The Morgan fingerprint density at radius 1 is 1.43 bits per heavy atom. The lowest BCUT2D eigenvalue weighted by Crippen LogP contribution is -2.39. The van der Waals surface area contributed by atoms with Crippen LogP contribution in [0.5, 0.6) is 0 Å². The molecule has 2 aromatic heterocycles. The summed E-state index contributed by atoms with van der Waals surface area (Å²) >= 11 is 0. The number of allylic oxidation sites excluding steroid dienone is 1. The second kappa shape index (κ2) is 6.68. The van der Waals surface area contributed by atoms with Gasteiger partial charge in [-0.2, -0.15) is 0 Å². The molecule has 7 heteroatoms. The molecule has 3 heterocycles. The van der Waals surface area contributed by atoms with Crippen molar-refractivity contribution in [2.24, 2.45) is 0 Å². The topological polar surface area (TPSA) is 74.6 Å². The van der Waals surface area contributed by atoms with Gasteiger partial charge in [-0.1, -0.05) is 11.6 Å². The predicted octanol–water partition coefficient (Wildman–Crippen LogP) is 1.89. The van der Waals surface area contributed by atoms with Crippen LogP contribution in [-0.2, 0) is 0 Å². The summed E-state index contributed by atoms with van der Waals surface area (Å²) in [6, 6.07) is 4.05. The van der Waals surface area contributed by atoms with E-state index in [1.807, 2.05) is 43.2 Å². The average Bonchev–Trinajstić information content (AvgIpc) is 3.15. The van der Waals surface area contributed by atoms with Crippen molar-refractivity contribution in [3.8, 4) is 0 Å². The molecule has 7 nitrogen and oxygen atoms in total. The maximum Gasteiger partial charge on any atom is 0.317 e. The Labute approximate surface area is 135 Å². The largest absolute Gasteiger partial charge is 0.364 e. The molecule has 2 aromatic rings. The highest BCUT2D eigenvalue weighted by Crippen LogP contribution is 2.14. The summed E-state index contributed by atoms with van der Waals surface area (Å²) in [6.07, 6.45) is 6.46. The van der Waals surface area contributed by atoms with E-state index in [0.717, 1.165) is 24.4 Å². The summed E-state index contributed by atoms with van der Waals surface area (Å²) in [5.41, 5.74) is 2.02. The number of imidazole rings is 1. The summed E-state index contributed by atoms with van der Waals surface area (Å²) in [7, 11) is 0. The maximum atomic E-state index is 12.1. The van der Waals surface area contributed by atoms with Gasteiger partial charge in [-0.25, -0.2) is 14.3 Å². The van der Waals surface area contributed by atoms with Gasteiger partial charge in [0.1, 0.15) is 5.82 Å². The first kappa shape index (κ1) is 15.3. The van der Waals surface area contributed by atoms with Gasteiger partial charge >= 0.3 is 6.03 Å². The second-order valence-corrected chi connectivity index (χ2v) is 5.99. The first-order chi connectivity index (χ1) is 11.1. The number of hydrogen-bond donors (Lipinski definition) is 2. The van der Waals surface area contributed by atoms with Crippen molar-refractivity contribution in [1.82, 2.24) is 24.8 Å². The average molecular weight is 314 g/mol. The number of carbonyl (C=O) groups excluding carboxylic acids is 1. The van der Waals surface area contributed by atoms with Crippen LogP contribution < -0.4 is 10.6 Å². The maximum absolute atomic E-state index is 12.1. The summed E-state index contributed by atoms with van der Waals surface area (Å²) in [5.74, 6) is 0.798. The van der Waals surface area contributed by atoms with Crippen molar-refractivity contribution in [3.05, 3.63) is 36.2 Å². The smallest absolute Gasteiger partial charge is 0.317 e. The third-order valence-corrected chi connectivity index (χ3v) is 3.85. The van der Waals surface area contributed by atoms with Crippen LogP contribution in [0.1, 0.15) is 20.3 Å². The summed E-state index contributed by atoms with van der Waals surface area (Å²) in [6.45, 7) is 6.06. The fourth-order valence-corrected chi connectivity index (χ4v) is 2.62. The highest BCUT2D eigenvalue weighted by molar-refractivity contribution is 5.74. The molecule has 1 aliphatic rings. The minimum Gasteiger partial charge on any atom is -0.364 e. The lowest BCUT2D eigenvalue weighted by atomic mass is 10.2. The number of aromatic nitrogens is 3. The Hall–Kier alpha value is -2.57. The van der Waals surface area contributed by atoms with Gasteiger partial charge in [0.15, 0.2) is 5.65 Å². The van der Waals surface area contributed by atoms with Gasteiger partial charge in [-0.05, 0) is 32.4 Å². The molecule has 1 fully saturated rings. The number of carbonyl (C=O) groups is 1. The van der Waals surface area contributed by atoms with Gasteiger partial charge in [0, 0.05) is 38.1 Å². The monoisotopic (exact) mass is 314 g/mol. The molecule has 0 aromatic carbocycles. The number of urea groups is 1. The van der Waals surface area contributed by atoms with E-state index in [0.29, 0.717) is 13.1 Å². The zero-order valence-electron chi connectivity index (χ0n) is 13.5. The zero-order chi connectivity index (χ0) is 16.2. The number of nitrogens with zero attached hydrogens (tertiary/aromatic N) is 4. The molecule has 1 atom stereocenters. The van der Waals surface area contributed by atoms with Crippen LogP contribution in [0.25, 0.3) is 5.65 Å². The number of rotatable bonds is 4. The number of nitrogens with one attached hydrogen (secondary N) is 2. The summed E-state index contributed by atoms with van der Waals surface area (Å²) < 4.78 is 1.74. The molecular weight excluding hydrogens is 292 g/mol. The number of amides is 2. The minimum absolute atomic E-state index is 0.00943. The van der Waals surface area contributed by atoms with Crippen LogP contribution in [0.4, 0.5) is 10.6 Å².